The van der Waals surface area contributed by atoms with Gasteiger partial charge in [-0.25, -0.2) is 4.79 Å². The van der Waals surface area contributed by atoms with Gasteiger partial charge in [-0.2, -0.15) is 0 Å². The molecular weight excluding hydrogens is 338 g/mol. The molecule has 0 spiro atoms. The van der Waals surface area contributed by atoms with Crippen LogP contribution in [-0.2, 0) is 30.4 Å². The number of amides is 1. The molecule has 1 aromatic carbocycles. The lowest BCUT2D eigenvalue weighted by molar-refractivity contribution is -0.145. The van der Waals surface area contributed by atoms with E-state index in [1.807, 2.05) is 30.3 Å². The second kappa shape index (κ2) is 8.80. The number of cyclic esters (lactones) is 1. The highest BCUT2D eigenvalue weighted by Crippen LogP contribution is 2.18. The first kappa shape index (κ1) is 19.9. The topological polar surface area (TPSA) is 90.9 Å². The lowest BCUT2D eigenvalue weighted by atomic mass is 9.97. The van der Waals surface area contributed by atoms with E-state index in [0.717, 1.165) is 5.56 Å². The molecule has 7 heteroatoms. The maximum Gasteiger partial charge on any atom is 0.408 e. The average Bonchev–Trinajstić information content (AvgIpc) is 2.98. The van der Waals surface area contributed by atoms with E-state index in [4.69, 9.17) is 14.2 Å². The molecule has 1 aromatic rings. The van der Waals surface area contributed by atoms with Crippen molar-refractivity contribution in [3.8, 4) is 0 Å². The second-order valence-electron chi connectivity index (χ2n) is 7.11. The predicted octanol–water partition coefficient (Wildman–Crippen LogP) is 2.23. The third kappa shape index (κ3) is 6.15. The first-order chi connectivity index (χ1) is 12.3. The Bertz CT molecular complexity index is 637. The summed E-state index contributed by atoms with van der Waals surface area (Å²) >= 11 is 0. The van der Waals surface area contributed by atoms with Crippen molar-refractivity contribution in [3.63, 3.8) is 0 Å². The molecule has 1 unspecified atom stereocenters. The highest BCUT2D eigenvalue weighted by molar-refractivity contribution is 6.03. The number of carbonyl (C=O) groups is 3. The van der Waals surface area contributed by atoms with Crippen LogP contribution in [0.15, 0.2) is 30.3 Å². The third-order valence-electron chi connectivity index (χ3n) is 3.71. The van der Waals surface area contributed by atoms with E-state index in [-0.39, 0.29) is 19.8 Å². The zero-order valence-electron chi connectivity index (χ0n) is 15.3. The van der Waals surface area contributed by atoms with E-state index < -0.39 is 35.4 Å². The van der Waals surface area contributed by atoms with Crippen LogP contribution in [0.2, 0.25) is 0 Å². The molecule has 0 aromatic heterocycles. The van der Waals surface area contributed by atoms with E-state index in [1.165, 1.54) is 0 Å². The summed E-state index contributed by atoms with van der Waals surface area (Å²) in [5.41, 5.74) is 0.241. The Morgan fingerprint density at radius 3 is 2.54 bits per heavy atom. The van der Waals surface area contributed by atoms with Gasteiger partial charge in [0, 0.05) is 6.42 Å². The maximum absolute atomic E-state index is 12.6. The number of Topliss-reactive ketones (excluding diaryl/α,β-unsaturated/α-hetero) is 1. The van der Waals surface area contributed by atoms with Gasteiger partial charge in [0.2, 0.25) is 0 Å². The molecule has 7 nitrogen and oxygen atoms in total. The lowest BCUT2D eigenvalue weighted by Crippen LogP contribution is -2.48. The number of carbonyl (C=O) groups excluding carboxylic acids is 3. The van der Waals surface area contributed by atoms with Crippen LogP contribution in [0.4, 0.5) is 4.79 Å². The number of hydrogen-bond donors (Lipinski definition) is 1. The summed E-state index contributed by atoms with van der Waals surface area (Å²) in [5, 5.41) is 2.51. The van der Waals surface area contributed by atoms with E-state index in [9.17, 15) is 14.4 Å². The third-order valence-corrected chi connectivity index (χ3v) is 3.71. The summed E-state index contributed by atoms with van der Waals surface area (Å²) in [6.07, 6.45) is -0.423. The molecule has 1 fully saturated rings. The van der Waals surface area contributed by atoms with E-state index in [0.29, 0.717) is 6.42 Å². The molecule has 142 valence electrons. The van der Waals surface area contributed by atoms with Gasteiger partial charge in [-0.1, -0.05) is 30.3 Å². The van der Waals surface area contributed by atoms with Crippen molar-refractivity contribution in [1.29, 1.82) is 0 Å². The SMILES string of the molecule is CC(C)(C)OC(=O)N[C@H](COCc1ccccc1)C(=O)C1CCOC1=O. The summed E-state index contributed by atoms with van der Waals surface area (Å²) in [6.45, 7) is 5.61. The van der Waals surface area contributed by atoms with Crippen molar-refractivity contribution in [2.24, 2.45) is 5.92 Å². The van der Waals surface area contributed by atoms with Crippen molar-refractivity contribution >= 4 is 17.8 Å². The van der Waals surface area contributed by atoms with E-state index in [2.05, 4.69) is 5.32 Å². The zero-order chi connectivity index (χ0) is 19.2. The molecule has 0 aliphatic carbocycles. The number of nitrogens with one attached hydrogen (secondary N) is 1. The Balaban J connectivity index is 1.99. The van der Waals surface area contributed by atoms with Gasteiger partial charge >= 0.3 is 12.1 Å². The van der Waals surface area contributed by atoms with E-state index >= 15 is 0 Å². The molecule has 2 rings (SSSR count). The number of rotatable bonds is 7. The first-order valence-electron chi connectivity index (χ1n) is 8.58. The molecule has 2 atom stereocenters. The van der Waals surface area contributed by atoms with Crippen LogP contribution in [-0.4, -0.2) is 42.7 Å². The van der Waals surface area contributed by atoms with Gasteiger partial charge in [0.15, 0.2) is 5.78 Å². The number of benzene rings is 1. The molecule has 1 heterocycles. The molecular formula is C19H25NO6. The van der Waals surface area contributed by atoms with Crippen molar-refractivity contribution in [3.05, 3.63) is 35.9 Å². The minimum atomic E-state index is -0.982. The van der Waals surface area contributed by atoms with Crippen LogP contribution in [0.5, 0.6) is 0 Å². The molecule has 0 saturated carbocycles. The first-order valence-corrected chi connectivity index (χ1v) is 8.58. The normalized spacial score (nSPS) is 18.1. The highest BCUT2D eigenvalue weighted by Gasteiger charge is 2.38. The van der Waals surface area contributed by atoms with E-state index in [1.54, 1.807) is 20.8 Å². The quantitative estimate of drug-likeness (QED) is 0.590. The molecule has 1 aliphatic heterocycles. The van der Waals surface area contributed by atoms with Gasteiger partial charge in [-0.15, -0.1) is 0 Å². The van der Waals surface area contributed by atoms with Gasteiger partial charge < -0.3 is 19.5 Å². The van der Waals surface area contributed by atoms with Gasteiger partial charge in [-0.3, -0.25) is 9.59 Å². The molecule has 1 aliphatic rings. The minimum Gasteiger partial charge on any atom is -0.465 e. The molecule has 26 heavy (non-hydrogen) atoms. The van der Waals surface area contributed by atoms with Crippen molar-refractivity contribution in [2.45, 2.75) is 45.4 Å². The van der Waals surface area contributed by atoms with Crippen LogP contribution in [0.25, 0.3) is 0 Å². The average molecular weight is 363 g/mol. The van der Waals surface area contributed by atoms with Crippen molar-refractivity contribution in [1.82, 2.24) is 5.32 Å². The van der Waals surface area contributed by atoms with Crippen LogP contribution in [0.3, 0.4) is 0 Å². The summed E-state index contributed by atoms with van der Waals surface area (Å²) in [5.74, 6) is -1.87. The zero-order valence-corrected chi connectivity index (χ0v) is 15.3. The Labute approximate surface area is 153 Å². The Morgan fingerprint density at radius 2 is 1.96 bits per heavy atom. The molecule has 0 bridgehead atoms. The fourth-order valence-corrected chi connectivity index (χ4v) is 2.51. The largest absolute Gasteiger partial charge is 0.465 e. The Hall–Kier alpha value is -2.41. The summed E-state index contributed by atoms with van der Waals surface area (Å²) < 4.78 is 15.6. The number of ketones is 1. The standard InChI is InChI=1S/C19H25NO6/c1-19(2,3)26-18(23)20-15(16(21)14-9-10-25-17(14)22)12-24-11-13-7-5-4-6-8-13/h4-8,14-15H,9-12H2,1-3H3,(H,20,23)/t14?,15-/m1/s1. The van der Waals surface area contributed by atoms with Crippen LogP contribution in [0.1, 0.15) is 32.8 Å². The van der Waals surface area contributed by atoms with Crippen molar-refractivity contribution in [2.75, 3.05) is 13.2 Å². The van der Waals surface area contributed by atoms with Crippen LogP contribution >= 0.6 is 0 Å². The monoisotopic (exact) mass is 363 g/mol. The fraction of sp³-hybridized carbons (Fsp3) is 0.526. The molecule has 0 radical (unpaired) electrons. The summed E-state index contributed by atoms with van der Waals surface area (Å²) in [6, 6.07) is 8.47. The number of ether oxygens (including phenoxy) is 3. The van der Waals surface area contributed by atoms with Gasteiger partial charge in [0.25, 0.3) is 0 Å². The van der Waals surface area contributed by atoms with Crippen LogP contribution < -0.4 is 5.32 Å². The fourth-order valence-electron chi connectivity index (χ4n) is 2.51. The highest BCUT2D eigenvalue weighted by atomic mass is 16.6. The molecule has 1 N–H and O–H groups in total. The summed E-state index contributed by atoms with van der Waals surface area (Å²) in [7, 11) is 0. The van der Waals surface area contributed by atoms with Crippen molar-refractivity contribution < 1.29 is 28.6 Å². The van der Waals surface area contributed by atoms with Gasteiger partial charge in [0.05, 0.1) is 19.8 Å². The van der Waals surface area contributed by atoms with Gasteiger partial charge in [0.1, 0.15) is 17.6 Å². The minimum absolute atomic E-state index is 0.0588. The maximum atomic E-state index is 12.6. The summed E-state index contributed by atoms with van der Waals surface area (Å²) in [4.78, 5) is 36.4. The smallest absolute Gasteiger partial charge is 0.408 e. The van der Waals surface area contributed by atoms with Crippen LogP contribution in [0, 0.1) is 5.92 Å². The molecule has 1 saturated heterocycles. The predicted molar refractivity (Wildman–Crippen MR) is 93.3 cm³/mol. The number of alkyl carbamates (subject to hydrolysis) is 1. The molecule has 1 amide bonds. The number of esters is 1. The second-order valence-corrected chi connectivity index (χ2v) is 7.11. The number of hydrogen-bond acceptors (Lipinski definition) is 6. The Kier molecular flexibility index (Phi) is 6.74. The Morgan fingerprint density at radius 1 is 1.27 bits per heavy atom. The van der Waals surface area contributed by atoms with Gasteiger partial charge in [-0.05, 0) is 26.3 Å². The lowest BCUT2D eigenvalue weighted by Gasteiger charge is -2.24.